The summed E-state index contributed by atoms with van der Waals surface area (Å²) in [5, 5.41) is 0. The van der Waals surface area contributed by atoms with Gasteiger partial charge in [0, 0.05) is 25.7 Å². The highest BCUT2D eigenvalue weighted by atomic mass is 16.5. The fraction of sp³-hybridized carbons (Fsp3) is 0.370. The summed E-state index contributed by atoms with van der Waals surface area (Å²) in [6, 6.07) is 13.6. The van der Waals surface area contributed by atoms with Crippen molar-refractivity contribution in [2.24, 2.45) is 5.92 Å². The van der Waals surface area contributed by atoms with Gasteiger partial charge in [0.05, 0.1) is 36.7 Å². The number of hydrogen-bond acceptors (Lipinski definition) is 6. The summed E-state index contributed by atoms with van der Waals surface area (Å²) in [4.78, 5) is 67.5. The molecule has 2 aliphatic heterocycles. The minimum Gasteiger partial charge on any atom is -0.466 e. The van der Waals surface area contributed by atoms with E-state index in [1.54, 1.807) is 11.8 Å². The third-order valence-corrected chi connectivity index (χ3v) is 6.59. The molecule has 0 atom stereocenters. The predicted molar refractivity (Wildman–Crippen MR) is 130 cm³/mol. The average molecular weight is 492 g/mol. The van der Waals surface area contributed by atoms with E-state index in [1.165, 1.54) is 35.0 Å². The lowest BCUT2D eigenvalue weighted by Crippen LogP contribution is -2.45. The second-order valence-electron chi connectivity index (χ2n) is 9.01. The number of benzene rings is 2. The molecule has 2 aromatic rings. The number of esters is 1. The summed E-state index contributed by atoms with van der Waals surface area (Å²) in [6.07, 6.45) is 1.06. The molecule has 2 heterocycles. The van der Waals surface area contributed by atoms with Crippen molar-refractivity contribution < 1.29 is 28.7 Å². The number of rotatable bonds is 7. The number of hydrogen-bond donors (Lipinski definition) is 0. The van der Waals surface area contributed by atoms with E-state index >= 15 is 0 Å². The Morgan fingerprint density at radius 2 is 1.64 bits per heavy atom. The average Bonchev–Trinajstić information content (AvgIpc) is 3.13. The first-order chi connectivity index (χ1) is 17.3. The lowest BCUT2D eigenvalue weighted by molar-refractivity contribution is -0.151. The smallest absolute Gasteiger partial charge is 0.309 e. The standard InChI is InChI=1S/C27H29N3O6/c1-3-36-27(35)19-11-13-29(14-12-19)23(31)17-28(2)24(32)20-9-10-21-22(15-20)26(34)30(25(21)33)16-18-7-5-4-6-8-18/h4-10,15,19H,3,11-14,16-17H2,1-2H3. The molecule has 0 radical (unpaired) electrons. The molecule has 188 valence electrons. The summed E-state index contributed by atoms with van der Waals surface area (Å²) in [5.41, 5.74) is 1.50. The molecular formula is C27H29N3O6. The monoisotopic (exact) mass is 491 g/mol. The van der Waals surface area contributed by atoms with Crippen LogP contribution in [0.3, 0.4) is 0 Å². The van der Waals surface area contributed by atoms with Crippen LogP contribution in [-0.4, -0.2) is 77.6 Å². The van der Waals surface area contributed by atoms with Crippen molar-refractivity contribution >= 4 is 29.6 Å². The van der Waals surface area contributed by atoms with Crippen LogP contribution in [0.15, 0.2) is 48.5 Å². The van der Waals surface area contributed by atoms with Crippen molar-refractivity contribution in [3.05, 3.63) is 70.8 Å². The molecule has 0 unspecified atom stereocenters. The third kappa shape index (κ3) is 5.15. The van der Waals surface area contributed by atoms with Crippen LogP contribution in [-0.2, 0) is 20.9 Å². The number of fused-ring (bicyclic) bond motifs is 1. The molecule has 36 heavy (non-hydrogen) atoms. The zero-order valence-electron chi connectivity index (χ0n) is 20.4. The van der Waals surface area contributed by atoms with Crippen LogP contribution in [0.1, 0.15) is 56.4 Å². The maximum absolute atomic E-state index is 13.0. The van der Waals surface area contributed by atoms with E-state index in [0.717, 1.165) is 5.56 Å². The van der Waals surface area contributed by atoms with Crippen LogP contribution >= 0.6 is 0 Å². The van der Waals surface area contributed by atoms with Crippen LogP contribution in [0.2, 0.25) is 0 Å². The fourth-order valence-electron chi connectivity index (χ4n) is 4.55. The van der Waals surface area contributed by atoms with Gasteiger partial charge in [-0.2, -0.15) is 0 Å². The van der Waals surface area contributed by atoms with Crippen molar-refractivity contribution in [2.75, 3.05) is 33.3 Å². The minimum atomic E-state index is -0.447. The molecule has 0 aromatic heterocycles. The SMILES string of the molecule is CCOC(=O)C1CCN(C(=O)CN(C)C(=O)c2ccc3c(c2)C(=O)N(Cc2ccccc2)C3=O)CC1. The molecule has 4 amide bonds. The van der Waals surface area contributed by atoms with Crippen molar-refractivity contribution in [3.8, 4) is 0 Å². The van der Waals surface area contributed by atoms with Gasteiger partial charge in [0.2, 0.25) is 5.91 Å². The number of nitrogens with zero attached hydrogens (tertiary/aromatic N) is 3. The normalized spacial score (nSPS) is 15.6. The highest BCUT2D eigenvalue weighted by molar-refractivity contribution is 6.22. The van der Waals surface area contributed by atoms with E-state index < -0.39 is 17.7 Å². The molecule has 0 saturated carbocycles. The quantitative estimate of drug-likeness (QED) is 0.435. The molecule has 1 fully saturated rings. The molecule has 2 aromatic carbocycles. The van der Waals surface area contributed by atoms with E-state index in [0.29, 0.717) is 32.5 Å². The van der Waals surface area contributed by atoms with Crippen LogP contribution in [0, 0.1) is 5.92 Å². The maximum Gasteiger partial charge on any atom is 0.309 e. The summed E-state index contributed by atoms with van der Waals surface area (Å²) >= 11 is 0. The van der Waals surface area contributed by atoms with Gasteiger partial charge in [-0.1, -0.05) is 30.3 Å². The Balaban J connectivity index is 1.37. The lowest BCUT2D eigenvalue weighted by Gasteiger charge is -2.32. The first-order valence-corrected chi connectivity index (χ1v) is 12.0. The number of amides is 4. The van der Waals surface area contributed by atoms with E-state index in [-0.39, 0.29) is 47.6 Å². The van der Waals surface area contributed by atoms with Crippen molar-refractivity contribution in [2.45, 2.75) is 26.3 Å². The number of likely N-dealkylation sites (tertiary alicyclic amines) is 1. The first kappa shape index (κ1) is 25.1. The van der Waals surface area contributed by atoms with E-state index in [2.05, 4.69) is 0 Å². The fourth-order valence-corrected chi connectivity index (χ4v) is 4.55. The Labute approximate surface area is 209 Å². The van der Waals surface area contributed by atoms with Gasteiger partial charge in [0.15, 0.2) is 0 Å². The van der Waals surface area contributed by atoms with E-state index in [4.69, 9.17) is 4.74 Å². The van der Waals surface area contributed by atoms with Crippen LogP contribution < -0.4 is 0 Å². The highest BCUT2D eigenvalue weighted by Crippen LogP contribution is 2.26. The summed E-state index contributed by atoms with van der Waals surface area (Å²) in [7, 11) is 1.52. The molecule has 0 bridgehead atoms. The number of carbonyl (C=O) groups is 5. The number of imide groups is 1. The highest BCUT2D eigenvalue weighted by Gasteiger charge is 2.36. The molecule has 9 nitrogen and oxygen atoms in total. The number of ether oxygens (including phenoxy) is 1. The van der Waals surface area contributed by atoms with Crippen LogP contribution in [0.25, 0.3) is 0 Å². The predicted octanol–water partition coefficient (Wildman–Crippen LogP) is 2.36. The van der Waals surface area contributed by atoms with Crippen molar-refractivity contribution in [1.29, 1.82) is 0 Å². The molecule has 1 saturated heterocycles. The Kier molecular flexibility index (Phi) is 7.47. The van der Waals surface area contributed by atoms with Gasteiger partial charge in [-0.05, 0) is 43.5 Å². The lowest BCUT2D eigenvalue weighted by atomic mass is 9.97. The molecular weight excluding hydrogens is 462 g/mol. The van der Waals surface area contributed by atoms with Crippen LogP contribution in [0.5, 0.6) is 0 Å². The van der Waals surface area contributed by atoms with Gasteiger partial charge < -0.3 is 14.5 Å². The maximum atomic E-state index is 13.0. The Morgan fingerprint density at radius 1 is 0.972 bits per heavy atom. The number of likely N-dealkylation sites (N-methyl/N-ethyl adjacent to an activating group) is 1. The minimum absolute atomic E-state index is 0.132. The van der Waals surface area contributed by atoms with Gasteiger partial charge in [-0.25, -0.2) is 0 Å². The third-order valence-electron chi connectivity index (χ3n) is 6.59. The van der Waals surface area contributed by atoms with Crippen LogP contribution in [0.4, 0.5) is 0 Å². The molecule has 0 spiro atoms. The Hall–Kier alpha value is -4.01. The topological polar surface area (TPSA) is 104 Å². The first-order valence-electron chi connectivity index (χ1n) is 12.0. The van der Waals surface area contributed by atoms with E-state index in [1.807, 2.05) is 30.3 Å². The molecule has 4 rings (SSSR count). The number of piperidine rings is 1. The largest absolute Gasteiger partial charge is 0.466 e. The van der Waals surface area contributed by atoms with Crippen molar-refractivity contribution in [1.82, 2.24) is 14.7 Å². The number of carbonyl (C=O) groups excluding carboxylic acids is 5. The van der Waals surface area contributed by atoms with Gasteiger partial charge in [-0.3, -0.25) is 28.9 Å². The van der Waals surface area contributed by atoms with Gasteiger partial charge in [0.25, 0.3) is 17.7 Å². The second kappa shape index (κ2) is 10.7. The van der Waals surface area contributed by atoms with Crippen molar-refractivity contribution in [3.63, 3.8) is 0 Å². The summed E-state index contributed by atoms with van der Waals surface area (Å²) in [5.74, 6) is -1.92. The van der Waals surface area contributed by atoms with Gasteiger partial charge in [-0.15, -0.1) is 0 Å². The summed E-state index contributed by atoms with van der Waals surface area (Å²) < 4.78 is 5.06. The zero-order valence-corrected chi connectivity index (χ0v) is 20.4. The Morgan fingerprint density at radius 3 is 2.31 bits per heavy atom. The molecule has 9 heteroatoms. The van der Waals surface area contributed by atoms with E-state index in [9.17, 15) is 24.0 Å². The second-order valence-corrected chi connectivity index (χ2v) is 9.01. The molecule has 0 aliphatic carbocycles. The summed E-state index contributed by atoms with van der Waals surface area (Å²) in [6.45, 7) is 2.97. The Bertz CT molecular complexity index is 1190. The molecule has 0 N–H and O–H groups in total. The molecule has 2 aliphatic rings. The van der Waals surface area contributed by atoms with Gasteiger partial charge >= 0.3 is 5.97 Å². The zero-order chi connectivity index (χ0) is 25.8. The van der Waals surface area contributed by atoms with Gasteiger partial charge in [0.1, 0.15) is 0 Å².